The number of imidazole rings is 1. The zero-order chi connectivity index (χ0) is 17.1. The molecule has 5 nitrogen and oxygen atoms in total. The molecule has 1 atom stereocenters. The maximum atomic E-state index is 13.1. The number of hydrogen-bond donors (Lipinski definition) is 2. The molecule has 0 bridgehead atoms. The number of nitrogens with one attached hydrogen (secondary N) is 2. The molecule has 2 N–H and O–H groups in total. The van der Waals surface area contributed by atoms with Crippen molar-refractivity contribution in [1.82, 2.24) is 15.0 Å². The third-order valence-corrected chi connectivity index (χ3v) is 3.86. The molecular weight excluding hydrogens is 307 g/mol. The van der Waals surface area contributed by atoms with E-state index in [4.69, 9.17) is 0 Å². The molecule has 3 aromatic rings. The monoisotopic (exact) mass is 326 g/mol. The number of carbonyl (C=O) groups is 1. The molecule has 1 aromatic heterocycles. The minimum Gasteiger partial charge on any atom is -0.330 e. The Hall–Kier alpha value is -2.89. The number of rotatable bonds is 4. The number of benzene rings is 2. The Morgan fingerprint density at radius 3 is 2.54 bits per heavy atom. The zero-order valence-electron chi connectivity index (χ0n) is 13.5. The molecule has 124 valence electrons. The standard InChI is InChI=1S/C18H19FN4O/c1-12(2)17(13-7-9-14(19)10-8-13)21-18(24)22-23-11-20-15-5-3-4-6-16(15)23/h3-12,17H,1-2H3,(H2,21,22,24)/t17-/m0/s1. The van der Waals surface area contributed by atoms with E-state index in [9.17, 15) is 9.18 Å². The second kappa shape index (κ2) is 6.70. The van der Waals surface area contributed by atoms with Gasteiger partial charge in [-0.05, 0) is 35.7 Å². The average molecular weight is 326 g/mol. The lowest BCUT2D eigenvalue weighted by Gasteiger charge is -2.23. The first kappa shape index (κ1) is 16.0. The minimum absolute atomic E-state index is 0.153. The molecule has 1 heterocycles. The Labute approximate surface area is 139 Å². The summed E-state index contributed by atoms with van der Waals surface area (Å²) in [7, 11) is 0. The quantitative estimate of drug-likeness (QED) is 0.765. The van der Waals surface area contributed by atoms with E-state index in [-0.39, 0.29) is 23.8 Å². The van der Waals surface area contributed by atoms with Crippen LogP contribution in [0.4, 0.5) is 9.18 Å². The fourth-order valence-corrected chi connectivity index (χ4v) is 2.64. The van der Waals surface area contributed by atoms with Crippen molar-refractivity contribution >= 4 is 17.1 Å². The predicted molar refractivity (Wildman–Crippen MR) is 91.6 cm³/mol. The van der Waals surface area contributed by atoms with E-state index in [1.54, 1.807) is 23.1 Å². The Bertz CT molecular complexity index is 842. The van der Waals surface area contributed by atoms with Crippen LogP contribution in [0.15, 0.2) is 54.9 Å². The fourth-order valence-electron chi connectivity index (χ4n) is 2.64. The number of amides is 2. The zero-order valence-corrected chi connectivity index (χ0v) is 13.5. The predicted octanol–water partition coefficient (Wildman–Crippen LogP) is 3.83. The van der Waals surface area contributed by atoms with Gasteiger partial charge in [0.15, 0.2) is 0 Å². The maximum absolute atomic E-state index is 13.1. The van der Waals surface area contributed by atoms with Gasteiger partial charge in [-0.25, -0.2) is 24.3 Å². The molecule has 3 rings (SSSR count). The minimum atomic E-state index is -0.346. The molecule has 0 aliphatic heterocycles. The van der Waals surface area contributed by atoms with Crippen LogP contribution in [0.5, 0.6) is 0 Å². The summed E-state index contributed by atoms with van der Waals surface area (Å²) in [5.41, 5.74) is 5.24. The molecule has 0 radical (unpaired) electrons. The number of nitrogens with zero attached hydrogens (tertiary/aromatic N) is 2. The van der Waals surface area contributed by atoms with Gasteiger partial charge in [0.25, 0.3) is 0 Å². The van der Waals surface area contributed by atoms with Crippen LogP contribution < -0.4 is 10.7 Å². The van der Waals surface area contributed by atoms with Gasteiger partial charge in [0, 0.05) is 0 Å². The maximum Gasteiger partial charge on any atom is 0.334 e. The SMILES string of the molecule is CC(C)[C@H](NC(=O)Nn1cnc2ccccc21)c1ccc(F)cc1. The van der Waals surface area contributed by atoms with Crippen molar-refractivity contribution in [3.05, 3.63) is 66.2 Å². The van der Waals surface area contributed by atoms with Gasteiger partial charge < -0.3 is 5.32 Å². The normalized spacial score (nSPS) is 12.3. The van der Waals surface area contributed by atoms with Crippen LogP contribution in [0.3, 0.4) is 0 Å². The number of carbonyl (C=O) groups excluding carboxylic acids is 1. The summed E-state index contributed by atoms with van der Waals surface area (Å²) in [5.74, 6) is -0.142. The van der Waals surface area contributed by atoms with E-state index in [0.717, 1.165) is 16.6 Å². The topological polar surface area (TPSA) is 59.0 Å². The van der Waals surface area contributed by atoms with Crippen LogP contribution in [0.1, 0.15) is 25.5 Å². The Morgan fingerprint density at radius 1 is 1.12 bits per heavy atom. The molecule has 2 aromatic carbocycles. The first-order valence-corrected chi connectivity index (χ1v) is 7.79. The van der Waals surface area contributed by atoms with E-state index in [1.165, 1.54) is 12.1 Å². The molecule has 24 heavy (non-hydrogen) atoms. The summed E-state index contributed by atoms with van der Waals surface area (Å²) in [6.45, 7) is 4.00. The molecule has 0 saturated heterocycles. The second-order valence-corrected chi connectivity index (χ2v) is 5.96. The molecule has 0 saturated carbocycles. The van der Waals surface area contributed by atoms with Crippen molar-refractivity contribution in [3.63, 3.8) is 0 Å². The van der Waals surface area contributed by atoms with Gasteiger partial charge in [-0.3, -0.25) is 0 Å². The van der Waals surface area contributed by atoms with Crippen LogP contribution in [0.25, 0.3) is 11.0 Å². The third-order valence-electron chi connectivity index (χ3n) is 3.86. The Morgan fingerprint density at radius 2 is 1.83 bits per heavy atom. The van der Waals surface area contributed by atoms with Crippen molar-refractivity contribution in [2.45, 2.75) is 19.9 Å². The molecule has 0 aliphatic rings. The molecular formula is C18H19FN4O. The van der Waals surface area contributed by atoms with Gasteiger partial charge in [0.2, 0.25) is 0 Å². The highest BCUT2D eigenvalue weighted by molar-refractivity contribution is 5.85. The van der Waals surface area contributed by atoms with E-state index < -0.39 is 0 Å². The van der Waals surface area contributed by atoms with Crippen LogP contribution in [0.2, 0.25) is 0 Å². The van der Waals surface area contributed by atoms with Gasteiger partial charge >= 0.3 is 6.03 Å². The molecule has 0 unspecified atom stereocenters. The van der Waals surface area contributed by atoms with Gasteiger partial charge in [0.05, 0.1) is 17.1 Å². The summed E-state index contributed by atoms with van der Waals surface area (Å²) in [5, 5.41) is 2.93. The number of urea groups is 1. The van der Waals surface area contributed by atoms with Gasteiger partial charge in [-0.2, -0.15) is 0 Å². The number of aromatic nitrogens is 2. The molecule has 0 aliphatic carbocycles. The van der Waals surface area contributed by atoms with Crippen LogP contribution >= 0.6 is 0 Å². The lowest BCUT2D eigenvalue weighted by atomic mass is 9.96. The third kappa shape index (κ3) is 3.37. The van der Waals surface area contributed by atoms with Gasteiger partial charge in [-0.15, -0.1) is 0 Å². The first-order chi connectivity index (χ1) is 11.5. The summed E-state index contributed by atoms with van der Waals surface area (Å²) in [6.07, 6.45) is 1.56. The van der Waals surface area contributed by atoms with Crippen molar-refractivity contribution < 1.29 is 9.18 Å². The average Bonchev–Trinajstić information content (AvgIpc) is 2.96. The smallest absolute Gasteiger partial charge is 0.330 e. The number of hydrogen-bond acceptors (Lipinski definition) is 2. The van der Waals surface area contributed by atoms with Crippen LogP contribution in [0, 0.1) is 11.7 Å². The van der Waals surface area contributed by atoms with E-state index >= 15 is 0 Å². The summed E-state index contributed by atoms with van der Waals surface area (Å²) in [4.78, 5) is 16.6. The first-order valence-electron chi connectivity index (χ1n) is 7.79. The lowest BCUT2D eigenvalue weighted by Crippen LogP contribution is -2.38. The summed E-state index contributed by atoms with van der Waals surface area (Å²) in [6, 6.07) is 13.1. The highest BCUT2D eigenvalue weighted by atomic mass is 19.1. The Balaban J connectivity index is 1.75. The molecule has 0 spiro atoms. The van der Waals surface area contributed by atoms with Crippen LogP contribution in [-0.4, -0.2) is 15.7 Å². The van der Waals surface area contributed by atoms with Gasteiger partial charge in [0.1, 0.15) is 12.1 Å². The lowest BCUT2D eigenvalue weighted by molar-refractivity contribution is 0.242. The summed E-state index contributed by atoms with van der Waals surface area (Å²) < 4.78 is 14.7. The highest BCUT2D eigenvalue weighted by Crippen LogP contribution is 2.22. The largest absolute Gasteiger partial charge is 0.334 e. The number of fused-ring (bicyclic) bond motifs is 1. The van der Waals surface area contributed by atoms with E-state index in [2.05, 4.69) is 15.7 Å². The Kier molecular flexibility index (Phi) is 4.46. The van der Waals surface area contributed by atoms with Crippen molar-refractivity contribution in [1.29, 1.82) is 0 Å². The number of halogens is 1. The fraction of sp³-hybridized carbons (Fsp3) is 0.222. The second-order valence-electron chi connectivity index (χ2n) is 5.96. The molecule has 0 fully saturated rings. The van der Waals surface area contributed by atoms with Gasteiger partial charge in [-0.1, -0.05) is 38.1 Å². The molecule has 6 heteroatoms. The summed E-state index contributed by atoms with van der Waals surface area (Å²) >= 11 is 0. The van der Waals surface area contributed by atoms with Crippen molar-refractivity contribution in [3.8, 4) is 0 Å². The molecule has 2 amide bonds. The van der Waals surface area contributed by atoms with Crippen LogP contribution in [-0.2, 0) is 0 Å². The van der Waals surface area contributed by atoms with Crippen molar-refractivity contribution in [2.24, 2.45) is 5.92 Å². The highest BCUT2D eigenvalue weighted by Gasteiger charge is 2.18. The van der Waals surface area contributed by atoms with Crippen molar-refractivity contribution in [2.75, 3.05) is 5.43 Å². The number of para-hydroxylation sites is 2. The van der Waals surface area contributed by atoms with E-state index in [1.807, 2.05) is 38.1 Å². The van der Waals surface area contributed by atoms with E-state index in [0.29, 0.717) is 0 Å².